The minimum atomic E-state index is -1.81. The lowest BCUT2D eigenvalue weighted by atomic mass is 10.3. The molecule has 0 aromatic carbocycles. The SMILES string of the molecule is [N-]=[N+]=NC(C(=O)O)N(CCN(CC(=O)O)CC(=O)O)CC(=O)O. The molecular formula is C10H15N5O8. The standard InChI is InChI=1S/C10H15N5O8/c11-13-12-9(10(22)23)15(5-8(20)21)2-1-14(3-6(16)17)4-7(18)19/h9H,1-5H2,(H,16,17)(H,18,19)(H,20,21)(H,22,23). The molecule has 13 nitrogen and oxygen atoms in total. The first kappa shape index (κ1) is 20.1. The van der Waals surface area contributed by atoms with Gasteiger partial charge >= 0.3 is 23.9 Å². The molecule has 0 radical (unpaired) electrons. The van der Waals surface area contributed by atoms with Gasteiger partial charge in [-0.15, -0.1) is 0 Å². The normalized spacial score (nSPS) is 11.7. The zero-order valence-corrected chi connectivity index (χ0v) is 11.8. The van der Waals surface area contributed by atoms with E-state index < -0.39 is 49.7 Å². The van der Waals surface area contributed by atoms with Crippen molar-refractivity contribution in [3.63, 3.8) is 0 Å². The molecule has 128 valence electrons. The van der Waals surface area contributed by atoms with Gasteiger partial charge in [0.15, 0.2) is 6.17 Å². The average molecular weight is 333 g/mol. The minimum Gasteiger partial charge on any atom is -0.480 e. The first-order valence-electron chi connectivity index (χ1n) is 6.06. The third-order valence-electron chi connectivity index (χ3n) is 2.49. The monoisotopic (exact) mass is 333 g/mol. The third-order valence-corrected chi connectivity index (χ3v) is 2.49. The van der Waals surface area contributed by atoms with Gasteiger partial charge in [-0.2, -0.15) is 0 Å². The largest absolute Gasteiger partial charge is 0.480 e. The second-order valence-electron chi connectivity index (χ2n) is 4.28. The van der Waals surface area contributed by atoms with Gasteiger partial charge in [-0.1, -0.05) is 5.11 Å². The van der Waals surface area contributed by atoms with E-state index in [1.54, 1.807) is 0 Å². The van der Waals surface area contributed by atoms with E-state index in [4.69, 9.17) is 26.0 Å². The summed E-state index contributed by atoms with van der Waals surface area (Å²) in [5.74, 6) is -5.60. The Bertz CT molecular complexity index is 499. The maximum absolute atomic E-state index is 11.0. The molecule has 0 fully saturated rings. The van der Waals surface area contributed by atoms with E-state index in [2.05, 4.69) is 10.0 Å². The van der Waals surface area contributed by atoms with E-state index in [1.165, 1.54) is 0 Å². The molecule has 0 aliphatic carbocycles. The number of carboxylic acid groups (broad SMARTS) is 4. The number of rotatable bonds is 12. The van der Waals surface area contributed by atoms with Crippen molar-refractivity contribution in [2.45, 2.75) is 6.17 Å². The van der Waals surface area contributed by atoms with Crippen LogP contribution in [0, 0.1) is 0 Å². The number of nitrogens with zero attached hydrogens (tertiary/aromatic N) is 5. The van der Waals surface area contributed by atoms with Crippen LogP contribution in [-0.4, -0.2) is 93.0 Å². The number of hydrogen-bond donors (Lipinski definition) is 4. The van der Waals surface area contributed by atoms with Gasteiger partial charge in [0.2, 0.25) is 0 Å². The summed E-state index contributed by atoms with van der Waals surface area (Å²) in [7, 11) is 0. The molecule has 1 atom stereocenters. The Balaban J connectivity index is 5.07. The third kappa shape index (κ3) is 8.87. The van der Waals surface area contributed by atoms with Crippen molar-refractivity contribution >= 4 is 23.9 Å². The van der Waals surface area contributed by atoms with E-state index in [0.29, 0.717) is 0 Å². The molecular weight excluding hydrogens is 318 g/mol. The Morgan fingerprint density at radius 3 is 1.74 bits per heavy atom. The fourth-order valence-electron chi connectivity index (χ4n) is 1.66. The summed E-state index contributed by atoms with van der Waals surface area (Å²) < 4.78 is 0. The van der Waals surface area contributed by atoms with Crippen LogP contribution >= 0.6 is 0 Å². The summed E-state index contributed by atoms with van der Waals surface area (Å²) in [6.07, 6.45) is -1.81. The van der Waals surface area contributed by atoms with Gasteiger partial charge in [0, 0.05) is 18.0 Å². The summed E-state index contributed by atoms with van der Waals surface area (Å²) in [6, 6.07) is 0. The molecule has 0 rings (SSSR count). The first-order chi connectivity index (χ1) is 10.7. The Morgan fingerprint density at radius 2 is 1.39 bits per heavy atom. The maximum atomic E-state index is 11.0. The van der Waals surface area contributed by atoms with Crippen molar-refractivity contribution in [2.24, 2.45) is 5.11 Å². The summed E-state index contributed by atoms with van der Waals surface area (Å²) in [5.41, 5.74) is 8.34. The lowest BCUT2D eigenvalue weighted by Gasteiger charge is -2.27. The van der Waals surface area contributed by atoms with Gasteiger partial charge < -0.3 is 20.4 Å². The molecule has 0 heterocycles. The predicted octanol–water partition coefficient (Wildman–Crippen LogP) is -1.43. The molecule has 0 saturated heterocycles. The molecule has 4 N–H and O–H groups in total. The summed E-state index contributed by atoms with van der Waals surface area (Å²) in [4.78, 5) is 47.2. The molecule has 1 unspecified atom stereocenters. The zero-order valence-electron chi connectivity index (χ0n) is 11.8. The predicted molar refractivity (Wildman–Crippen MR) is 71.5 cm³/mol. The highest BCUT2D eigenvalue weighted by molar-refractivity contribution is 5.75. The molecule has 0 saturated carbocycles. The number of carboxylic acids is 4. The van der Waals surface area contributed by atoms with Gasteiger partial charge in [0.25, 0.3) is 0 Å². The second kappa shape index (κ2) is 9.94. The maximum Gasteiger partial charge on any atom is 0.327 e. The topological polar surface area (TPSA) is 204 Å². The molecule has 0 aliphatic rings. The van der Waals surface area contributed by atoms with Crippen LogP contribution in [0.15, 0.2) is 5.11 Å². The van der Waals surface area contributed by atoms with Crippen LogP contribution in [0.4, 0.5) is 0 Å². The van der Waals surface area contributed by atoms with Crippen molar-refractivity contribution in [1.29, 1.82) is 0 Å². The van der Waals surface area contributed by atoms with Crippen LogP contribution in [0.2, 0.25) is 0 Å². The van der Waals surface area contributed by atoms with E-state index >= 15 is 0 Å². The van der Waals surface area contributed by atoms with Gasteiger partial charge in [-0.25, -0.2) is 0 Å². The fraction of sp³-hybridized carbons (Fsp3) is 0.600. The quantitative estimate of drug-likeness (QED) is 0.186. The molecule has 0 bridgehead atoms. The fourth-order valence-corrected chi connectivity index (χ4v) is 1.66. The highest BCUT2D eigenvalue weighted by Crippen LogP contribution is 2.04. The van der Waals surface area contributed by atoms with E-state index in [-0.39, 0.29) is 13.1 Å². The zero-order chi connectivity index (χ0) is 18.0. The van der Waals surface area contributed by atoms with Crippen LogP contribution in [0.3, 0.4) is 0 Å². The number of aliphatic carboxylic acids is 4. The molecule has 0 aliphatic heterocycles. The summed E-state index contributed by atoms with van der Waals surface area (Å²) >= 11 is 0. The lowest BCUT2D eigenvalue weighted by Crippen LogP contribution is -2.47. The second-order valence-corrected chi connectivity index (χ2v) is 4.28. The van der Waals surface area contributed by atoms with Crippen molar-refractivity contribution in [3.8, 4) is 0 Å². The van der Waals surface area contributed by atoms with Crippen molar-refractivity contribution < 1.29 is 39.6 Å². The highest BCUT2D eigenvalue weighted by Gasteiger charge is 2.27. The highest BCUT2D eigenvalue weighted by atomic mass is 16.4. The Kier molecular flexibility index (Phi) is 8.69. The van der Waals surface area contributed by atoms with Crippen LogP contribution < -0.4 is 0 Å². The van der Waals surface area contributed by atoms with Crippen LogP contribution in [0.25, 0.3) is 10.4 Å². The van der Waals surface area contributed by atoms with Crippen molar-refractivity contribution in [3.05, 3.63) is 10.4 Å². The smallest absolute Gasteiger partial charge is 0.327 e. The summed E-state index contributed by atoms with van der Waals surface area (Å²) in [6.45, 7) is -2.64. The molecule has 23 heavy (non-hydrogen) atoms. The van der Waals surface area contributed by atoms with Crippen molar-refractivity contribution in [1.82, 2.24) is 9.80 Å². The van der Waals surface area contributed by atoms with Crippen LogP contribution in [0.1, 0.15) is 0 Å². The Morgan fingerprint density at radius 1 is 0.913 bits per heavy atom. The van der Waals surface area contributed by atoms with E-state index in [9.17, 15) is 19.2 Å². The average Bonchev–Trinajstić information content (AvgIpc) is 2.38. The number of azide groups is 1. The van der Waals surface area contributed by atoms with Crippen LogP contribution in [-0.2, 0) is 19.2 Å². The molecule has 0 spiro atoms. The van der Waals surface area contributed by atoms with E-state index in [1.807, 2.05) is 0 Å². The number of hydrogen-bond acceptors (Lipinski definition) is 7. The van der Waals surface area contributed by atoms with Gasteiger partial charge in [-0.05, 0) is 5.53 Å². The minimum absolute atomic E-state index is 0.253. The molecule has 13 heteroatoms. The summed E-state index contributed by atoms with van der Waals surface area (Å²) in [5, 5.41) is 38.1. The first-order valence-corrected chi connectivity index (χ1v) is 6.06. The number of carbonyl (C=O) groups is 4. The molecule has 0 aromatic rings. The van der Waals surface area contributed by atoms with Crippen molar-refractivity contribution in [2.75, 3.05) is 32.7 Å². The van der Waals surface area contributed by atoms with Crippen LogP contribution in [0.5, 0.6) is 0 Å². The Labute approximate surface area is 129 Å². The van der Waals surface area contributed by atoms with Gasteiger partial charge in [0.05, 0.1) is 19.6 Å². The molecule has 0 aromatic heterocycles. The van der Waals surface area contributed by atoms with Gasteiger partial charge in [-0.3, -0.25) is 29.0 Å². The lowest BCUT2D eigenvalue weighted by molar-refractivity contribution is -0.148. The van der Waals surface area contributed by atoms with E-state index in [0.717, 1.165) is 9.80 Å². The Hall–Kier alpha value is -2.89. The van der Waals surface area contributed by atoms with Gasteiger partial charge in [0.1, 0.15) is 0 Å². The molecule has 0 amide bonds.